The van der Waals surface area contributed by atoms with Gasteiger partial charge in [-0.05, 0) is 42.4 Å². The Bertz CT molecular complexity index is 1180. The van der Waals surface area contributed by atoms with E-state index < -0.39 is 0 Å². The van der Waals surface area contributed by atoms with Crippen LogP contribution in [0.1, 0.15) is 34.5 Å². The van der Waals surface area contributed by atoms with Crippen LogP contribution in [0.25, 0.3) is 16.2 Å². The normalized spacial score (nSPS) is 13.6. The molecule has 2 aromatic carbocycles. The van der Waals surface area contributed by atoms with Crippen molar-refractivity contribution in [2.75, 3.05) is 0 Å². The lowest BCUT2D eigenvalue weighted by Crippen LogP contribution is -2.19. The first-order valence-corrected chi connectivity index (χ1v) is 10.0. The maximum atomic E-state index is 12.8. The number of fused-ring (bicyclic) bond motifs is 2. The lowest BCUT2D eigenvalue weighted by atomic mass is 9.90. The average molecular weight is 374 g/mol. The van der Waals surface area contributed by atoms with Crippen molar-refractivity contribution in [1.82, 2.24) is 19.8 Å². The molecule has 5 nitrogen and oxygen atoms in total. The van der Waals surface area contributed by atoms with Gasteiger partial charge in [0.15, 0.2) is 5.69 Å². The Kier molecular flexibility index (Phi) is 4.05. The van der Waals surface area contributed by atoms with Crippen LogP contribution in [0, 0.1) is 0 Å². The second-order valence-corrected chi connectivity index (χ2v) is 7.94. The third-order valence-electron chi connectivity index (χ3n) is 5.05. The van der Waals surface area contributed by atoms with Crippen molar-refractivity contribution in [3.63, 3.8) is 0 Å². The Labute approximate surface area is 160 Å². The first kappa shape index (κ1) is 16.3. The highest BCUT2D eigenvalue weighted by Crippen LogP contribution is 2.24. The minimum Gasteiger partial charge on any atom is -0.265 e. The van der Waals surface area contributed by atoms with Gasteiger partial charge in [-0.1, -0.05) is 59.9 Å². The molecule has 0 radical (unpaired) electrons. The summed E-state index contributed by atoms with van der Waals surface area (Å²) in [6.45, 7) is 0. The number of hydrogen-bond donors (Lipinski definition) is 0. The predicted molar refractivity (Wildman–Crippen MR) is 106 cm³/mol. The Hall–Kier alpha value is -2.86. The van der Waals surface area contributed by atoms with Crippen molar-refractivity contribution < 1.29 is 0 Å². The summed E-state index contributed by atoms with van der Waals surface area (Å²) in [5.41, 5.74) is 5.04. The molecule has 0 N–H and O–H groups in total. The predicted octanol–water partition coefficient (Wildman–Crippen LogP) is 3.68. The second kappa shape index (κ2) is 6.70. The zero-order valence-corrected chi connectivity index (χ0v) is 15.6. The standard InChI is InChI=1S/C21H18N4OS/c26-20-19(16-7-2-1-3-8-16)22-23-21-25(20)24-18(27-21)13-14-10-11-15-6-4-5-9-17(15)12-14/h1-3,7-8,10-12H,4-6,9,13H2. The lowest BCUT2D eigenvalue weighted by molar-refractivity contribution is 0.684. The van der Waals surface area contributed by atoms with Crippen molar-refractivity contribution in [2.45, 2.75) is 32.1 Å². The third kappa shape index (κ3) is 3.06. The first-order valence-electron chi connectivity index (χ1n) is 9.19. The lowest BCUT2D eigenvalue weighted by Gasteiger charge is -2.16. The molecule has 4 aromatic rings. The van der Waals surface area contributed by atoms with E-state index in [-0.39, 0.29) is 5.56 Å². The molecule has 1 aliphatic carbocycles. The summed E-state index contributed by atoms with van der Waals surface area (Å²) in [6, 6.07) is 16.1. The Morgan fingerprint density at radius 3 is 2.63 bits per heavy atom. The topological polar surface area (TPSA) is 60.2 Å². The van der Waals surface area contributed by atoms with Crippen LogP contribution in [-0.2, 0) is 19.3 Å². The van der Waals surface area contributed by atoms with E-state index >= 15 is 0 Å². The molecule has 1 aliphatic rings. The molecule has 5 rings (SSSR count). The summed E-state index contributed by atoms with van der Waals surface area (Å²) in [5.74, 6) is 0. The molecule has 0 amide bonds. The molecule has 0 unspecified atom stereocenters. The highest BCUT2D eigenvalue weighted by molar-refractivity contribution is 7.16. The summed E-state index contributed by atoms with van der Waals surface area (Å²) >= 11 is 1.43. The summed E-state index contributed by atoms with van der Waals surface area (Å²) in [7, 11) is 0. The summed E-state index contributed by atoms with van der Waals surface area (Å²) in [4.78, 5) is 13.3. The van der Waals surface area contributed by atoms with E-state index in [2.05, 4.69) is 33.5 Å². The molecule has 0 saturated carbocycles. The number of hydrogen-bond acceptors (Lipinski definition) is 5. The van der Waals surface area contributed by atoms with Crippen molar-refractivity contribution in [3.8, 4) is 11.3 Å². The zero-order valence-electron chi connectivity index (χ0n) is 14.8. The largest absolute Gasteiger partial charge is 0.302 e. The van der Waals surface area contributed by atoms with Crippen LogP contribution in [0.4, 0.5) is 0 Å². The van der Waals surface area contributed by atoms with Crippen LogP contribution in [0.2, 0.25) is 0 Å². The molecule has 0 spiro atoms. The van der Waals surface area contributed by atoms with E-state index in [4.69, 9.17) is 0 Å². The highest BCUT2D eigenvalue weighted by atomic mass is 32.1. The molecular formula is C21H18N4OS. The number of aromatic nitrogens is 4. The average Bonchev–Trinajstić information content (AvgIpc) is 3.12. The zero-order chi connectivity index (χ0) is 18.2. The maximum Gasteiger partial charge on any atom is 0.302 e. The highest BCUT2D eigenvalue weighted by Gasteiger charge is 2.15. The van der Waals surface area contributed by atoms with Gasteiger partial charge < -0.3 is 0 Å². The van der Waals surface area contributed by atoms with Gasteiger partial charge in [0.1, 0.15) is 5.01 Å². The number of aryl methyl sites for hydroxylation is 2. The van der Waals surface area contributed by atoms with Gasteiger partial charge in [0, 0.05) is 12.0 Å². The second-order valence-electron chi connectivity index (χ2n) is 6.90. The van der Waals surface area contributed by atoms with Crippen LogP contribution in [-0.4, -0.2) is 19.8 Å². The SMILES string of the molecule is O=c1c(-c2ccccc2)nnc2sc(Cc3ccc4c(c3)CCCC4)nn12. The Morgan fingerprint density at radius 1 is 0.963 bits per heavy atom. The van der Waals surface area contributed by atoms with Gasteiger partial charge in [0.25, 0.3) is 0 Å². The van der Waals surface area contributed by atoms with Gasteiger partial charge in [-0.15, -0.1) is 10.2 Å². The van der Waals surface area contributed by atoms with E-state index in [9.17, 15) is 4.79 Å². The quantitative estimate of drug-likeness (QED) is 0.549. The van der Waals surface area contributed by atoms with Crippen molar-refractivity contribution in [3.05, 3.63) is 80.6 Å². The van der Waals surface area contributed by atoms with Crippen LogP contribution in [0.15, 0.2) is 53.3 Å². The molecule has 134 valence electrons. The molecule has 2 aromatic heterocycles. The van der Waals surface area contributed by atoms with E-state index in [1.165, 1.54) is 51.8 Å². The maximum absolute atomic E-state index is 12.8. The molecule has 0 atom stereocenters. The van der Waals surface area contributed by atoms with Gasteiger partial charge in [-0.3, -0.25) is 4.79 Å². The van der Waals surface area contributed by atoms with Crippen molar-refractivity contribution >= 4 is 16.3 Å². The van der Waals surface area contributed by atoms with E-state index in [0.717, 1.165) is 17.0 Å². The molecule has 0 bridgehead atoms. The number of nitrogens with zero attached hydrogens (tertiary/aromatic N) is 4. The number of rotatable bonds is 3. The van der Waals surface area contributed by atoms with Crippen LogP contribution >= 0.6 is 11.3 Å². The third-order valence-corrected chi connectivity index (χ3v) is 5.95. The first-order chi connectivity index (χ1) is 13.3. The smallest absolute Gasteiger partial charge is 0.265 e. The van der Waals surface area contributed by atoms with Crippen LogP contribution < -0.4 is 5.56 Å². The molecule has 0 saturated heterocycles. The van der Waals surface area contributed by atoms with Crippen LogP contribution in [0.3, 0.4) is 0 Å². The molecular weight excluding hydrogens is 356 g/mol. The summed E-state index contributed by atoms with van der Waals surface area (Å²) < 4.78 is 1.38. The van der Waals surface area contributed by atoms with Gasteiger partial charge in [-0.25, -0.2) is 0 Å². The fraction of sp³-hybridized carbons (Fsp3) is 0.238. The van der Waals surface area contributed by atoms with E-state index in [1.807, 2.05) is 30.3 Å². The molecule has 2 heterocycles. The summed E-state index contributed by atoms with van der Waals surface area (Å²) in [6.07, 6.45) is 5.61. The van der Waals surface area contributed by atoms with Gasteiger partial charge in [0.2, 0.25) is 4.96 Å². The van der Waals surface area contributed by atoms with E-state index in [1.54, 1.807) is 0 Å². The molecule has 0 fully saturated rings. The van der Waals surface area contributed by atoms with Crippen LogP contribution in [0.5, 0.6) is 0 Å². The minimum atomic E-state index is -0.223. The molecule has 0 aliphatic heterocycles. The fourth-order valence-electron chi connectivity index (χ4n) is 3.67. The Balaban J connectivity index is 1.50. The molecule has 6 heteroatoms. The molecule has 27 heavy (non-hydrogen) atoms. The van der Waals surface area contributed by atoms with Gasteiger partial charge >= 0.3 is 5.56 Å². The van der Waals surface area contributed by atoms with Gasteiger partial charge in [-0.2, -0.15) is 9.61 Å². The van der Waals surface area contributed by atoms with E-state index in [0.29, 0.717) is 17.1 Å². The van der Waals surface area contributed by atoms with Crippen molar-refractivity contribution in [2.24, 2.45) is 0 Å². The Morgan fingerprint density at radius 2 is 1.78 bits per heavy atom. The fourth-order valence-corrected chi connectivity index (χ4v) is 4.54. The number of benzene rings is 2. The minimum absolute atomic E-state index is 0.223. The monoisotopic (exact) mass is 374 g/mol. The van der Waals surface area contributed by atoms with Crippen molar-refractivity contribution in [1.29, 1.82) is 0 Å². The van der Waals surface area contributed by atoms with Gasteiger partial charge in [0.05, 0.1) is 0 Å². The summed E-state index contributed by atoms with van der Waals surface area (Å²) in [5, 5.41) is 13.8.